The number of carbonyl (C=O) groups excluding carboxylic acids is 1. The Morgan fingerprint density at radius 3 is 2.71 bits per heavy atom. The largest absolute Gasteiger partial charge is 0.350 e. The molecule has 0 bridgehead atoms. The van der Waals surface area contributed by atoms with Crippen LogP contribution in [0.1, 0.15) is 30.6 Å². The third-order valence-corrected chi connectivity index (χ3v) is 5.09. The fourth-order valence-electron chi connectivity index (χ4n) is 2.91. The Morgan fingerprint density at radius 2 is 1.96 bits per heavy atom. The summed E-state index contributed by atoms with van der Waals surface area (Å²) in [5.41, 5.74) is 2.00. The molecule has 3 aromatic rings. The molecule has 124 valence electrons. The third-order valence-electron chi connectivity index (χ3n) is 4.21. The van der Waals surface area contributed by atoms with Crippen molar-refractivity contribution >= 4 is 28.0 Å². The van der Waals surface area contributed by atoms with Crippen LogP contribution < -0.4 is 10.2 Å². The lowest BCUT2D eigenvalue weighted by atomic mass is 9.99. The predicted octanol–water partition coefficient (Wildman–Crippen LogP) is 3.64. The molecule has 4 nitrogen and oxygen atoms in total. The summed E-state index contributed by atoms with van der Waals surface area (Å²) >= 11 is 1.17. The van der Waals surface area contributed by atoms with Gasteiger partial charge in [-0.25, -0.2) is 0 Å². The van der Waals surface area contributed by atoms with Crippen LogP contribution in [0.2, 0.25) is 0 Å². The van der Waals surface area contributed by atoms with E-state index >= 15 is 0 Å². The molecule has 1 unspecified atom stereocenters. The van der Waals surface area contributed by atoms with E-state index in [4.69, 9.17) is 0 Å². The first-order valence-corrected chi connectivity index (χ1v) is 8.86. The molecule has 2 aromatic carbocycles. The van der Waals surface area contributed by atoms with E-state index in [9.17, 15) is 9.59 Å². The number of amides is 1. The monoisotopic (exact) mass is 340 g/mol. The van der Waals surface area contributed by atoms with Gasteiger partial charge in [-0.3, -0.25) is 9.59 Å². The molecule has 0 aliphatic heterocycles. The zero-order chi connectivity index (χ0) is 17.1. The van der Waals surface area contributed by atoms with Crippen LogP contribution in [0.3, 0.4) is 0 Å². The first-order chi connectivity index (χ1) is 11.6. The highest BCUT2D eigenvalue weighted by Gasteiger charge is 2.13. The average molecular weight is 340 g/mol. The Kier molecular flexibility index (Phi) is 4.81. The molecular formula is C19H20N2O2S. The Labute approximate surface area is 144 Å². The Bertz CT molecular complexity index is 921. The number of rotatable bonds is 5. The Morgan fingerprint density at radius 1 is 1.21 bits per heavy atom. The summed E-state index contributed by atoms with van der Waals surface area (Å²) in [5, 5.41) is 7.17. The van der Waals surface area contributed by atoms with Crippen molar-refractivity contribution in [1.82, 2.24) is 9.88 Å². The van der Waals surface area contributed by atoms with Gasteiger partial charge < -0.3 is 9.88 Å². The summed E-state index contributed by atoms with van der Waals surface area (Å²) in [6.07, 6.45) is 0.298. The van der Waals surface area contributed by atoms with Crippen molar-refractivity contribution in [2.75, 3.05) is 0 Å². The highest BCUT2D eigenvalue weighted by molar-refractivity contribution is 7.07. The van der Waals surface area contributed by atoms with Crippen molar-refractivity contribution in [1.29, 1.82) is 0 Å². The molecule has 0 fully saturated rings. The van der Waals surface area contributed by atoms with E-state index < -0.39 is 0 Å². The summed E-state index contributed by atoms with van der Waals surface area (Å²) < 4.78 is 1.65. The maximum Gasteiger partial charge on any atom is 0.307 e. The van der Waals surface area contributed by atoms with Crippen LogP contribution in [0.15, 0.2) is 52.6 Å². The SMILES string of the molecule is Cc1csc(=O)n1CCC(=O)NC(C)c1cccc2ccccc12. The summed E-state index contributed by atoms with van der Waals surface area (Å²) in [4.78, 5) is 23.9. The van der Waals surface area contributed by atoms with Crippen molar-refractivity contribution in [2.24, 2.45) is 0 Å². The molecule has 1 aromatic heterocycles. The lowest BCUT2D eigenvalue weighted by molar-refractivity contribution is -0.121. The van der Waals surface area contributed by atoms with Gasteiger partial charge in [-0.05, 0) is 30.2 Å². The zero-order valence-electron chi connectivity index (χ0n) is 13.8. The molecule has 0 aliphatic carbocycles. The van der Waals surface area contributed by atoms with Crippen molar-refractivity contribution in [3.8, 4) is 0 Å². The quantitative estimate of drug-likeness (QED) is 0.771. The van der Waals surface area contributed by atoms with Crippen molar-refractivity contribution in [2.45, 2.75) is 32.9 Å². The van der Waals surface area contributed by atoms with Gasteiger partial charge in [0.2, 0.25) is 5.91 Å². The van der Waals surface area contributed by atoms with Crippen LogP contribution in [0.4, 0.5) is 0 Å². The molecule has 0 radical (unpaired) electrons. The number of hydrogen-bond acceptors (Lipinski definition) is 3. The lowest BCUT2D eigenvalue weighted by Gasteiger charge is -2.17. The van der Waals surface area contributed by atoms with Crippen LogP contribution in [0, 0.1) is 6.92 Å². The number of carbonyl (C=O) groups is 1. The van der Waals surface area contributed by atoms with Gasteiger partial charge in [-0.1, -0.05) is 53.8 Å². The van der Waals surface area contributed by atoms with Gasteiger partial charge in [0.1, 0.15) is 0 Å². The summed E-state index contributed by atoms with van der Waals surface area (Å²) in [5.74, 6) is -0.0482. The molecule has 1 atom stereocenters. The minimum absolute atomic E-state index is 0.0117. The van der Waals surface area contributed by atoms with Gasteiger partial charge in [0.05, 0.1) is 6.04 Å². The number of benzene rings is 2. The highest BCUT2D eigenvalue weighted by Crippen LogP contribution is 2.24. The topological polar surface area (TPSA) is 51.1 Å². The fraction of sp³-hybridized carbons (Fsp3) is 0.263. The average Bonchev–Trinajstić information content (AvgIpc) is 2.90. The van der Waals surface area contributed by atoms with Gasteiger partial charge in [-0.15, -0.1) is 0 Å². The standard InChI is InChI=1S/C19H20N2O2S/c1-13-12-24-19(23)21(13)11-10-18(22)20-14(2)16-9-5-7-15-6-3-4-8-17(15)16/h3-9,12,14H,10-11H2,1-2H3,(H,20,22). The molecule has 0 saturated carbocycles. The van der Waals surface area contributed by atoms with E-state index in [1.807, 2.05) is 43.5 Å². The molecule has 1 N–H and O–H groups in total. The van der Waals surface area contributed by atoms with Crippen LogP contribution >= 0.6 is 11.3 Å². The maximum atomic E-state index is 12.3. The first kappa shape index (κ1) is 16.5. The number of nitrogens with zero attached hydrogens (tertiary/aromatic N) is 1. The summed E-state index contributed by atoms with van der Waals surface area (Å²) in [6, 6.07) is 14.2. The molecule has 5 heteroatoms. The van der Waals surface area contributed by atoms with Crippen LogP contribution in [-0.2, 0) is 11.3 Å². The fourth-order valence-corrected chi connectivity index (χ4v) is 3.67. The number of thiazole rings is 1. The molecule has 0 aliphatic rings. The van der Waals surface area contributed by atoms with E-state index in [1.54, 1.807) is 4.57 Å². The van der Waals surface area contributed by atoms with Crippen molar-refractivity contribution < 1.29 is 4.79 Å². The lowest BCUT2D eigenvalue weighted by Crippen LogP contribution is -2.28. The van der Waals surface area contributed by atoms with Crippen LogP contribution in [0.5, 0.6) is 0 Å². The number of hydrogen-bond donors (Lipinski definition) is 1. The van der Waals surface area contributed by atoms with Crippen molar-refractivity contribution in [3.63, 3.8) is 0 Å². The minimum atomic E-state index is -0.0797. The number of aryl methyl sites for hydroxylation is 1. The van der Waals surface area contributed by atoms with Crippen molar-refractivity contribution in [3.05, 3.63) is 68.8 Å². The van der Waals surface area contributed by atoms with E-state index in [1.165, 1.54) is 11.3 Å². The smallest absolute Gasteiger partial charge is 0.307 e. The van der Waals surface area contributed by atoms with E-state index in [2.05, 4.69) is 23.5 Å². The van der Waals surface area contributed by atoms with Gasteiger partial charge in [0, 0.05) is 24.0 Å². The van der Waals surface area contributed by atoms with Gasteiger partial charge in [0.15, 0.2) is 0 Å². The summed E-state index contributed by atoms with van der Waals surface area (Å²) in [6.45, 7) is 4.29. The van der Waals surface area contributed by atoms with E-state index in [-0.39, 0.29) is 16.8 Å². The molecule has 1 heterocycles. The number of fused-ring (bicyclic) bond motifs is 1. The second-order valence-electron chi connectivity index (χ2n) is 5.90. The zero-order valence-corrected chi connectivity index (χ0v) is 14.6. The number of aromatic nitrogens is 1. The number of nitrogens with one attached hydrogen (secondary N) is 1. The summed E-state index contributed by atoms with van der Waals surface area (Å²) in [7, 11) is 0. The van der Waals surface area contributed by atoms with E-state index in [0.717, 1.165) is 22.0 Å². The second-order valence-corrected chi connectivity index (χ2v) is 6.72. The molecular weight excluding hydrogens is 320 g/mol. The highest BCUT2D eigenvalue weighted by atomic mass is 32.1. The molecule has 3 rings (SSSR count). The Hall–Kier alpha value is -2.40. The first-order valence-electron chi connectivity index (χ1n) is 7.98. The predicted molar refractivity (Wildman–Crippen MR) is 98.4 cm³/mol. The maximum absolute atomic E-state index is 12.3. The molecule has 24 heavy (non-hydrogen) atoms. The second kappa shape index (κ2) is 7.01. The molecule has 0 spiro atoms. The molecule has 0 saturated heterocycles. The Balaban J connectivity index is 1.69. The van der Waals surface area contributed by atoms with Crippen LogP contribution in [-0.4, -0.2) is 10.5 Å². The minimum Gasteiger partial charge on any atom is -0.350 e. The normalized spacial score (nSPS) is 12.2. The van der Waals surface area contributed by atoms with Gasteiger partial charge in [0.25, 0.3) is 0 Å². The van der Waals surface area contributed by atoms with Crippen LogP contribution in [0.25, 0.3) is 10.8 Å². The molecule has 1 amide bonds. The van der Waals surface area contributed by atoms with Gasteiger partial charge >= 0.3 is 4.87 Å². The third kappa shape index (κ3) is 3.41. The van der Waals surface area contributed by atoms with E-state index in [0.29, 0.717) is 13.0 Å². The van der Waals surface area contributed by atoms with Gasteiger partial charge in [-0.2, -0.15) is 0 Å².